The molecule has 0 bridgehead atoms. The molecule has 0 atom stereocenters. The second kappa shape index (κ2) is 8.25. The van der Waals surface area contributed by atoms with Gasteiger partial charge in [-0.3, -0.25) is 9.59 Å². The van der Waals surface area contributed by atoms with Gasteiger partial charge in [0.15, 0.2) is 0 Å². The maximum Gasteiger partial charge on any atom is 0.256 e. The van der Waals surface area contributed by atoms with Crippen LogP contribution < -0.4 is 10.6 Å². The molecule has 1 heterocycles. The van der Waals surface area contributed by atoms with Gasteiger partial charge in [-0.15, -0.1) is 0 Å². The van der Waals surface area contributed by atoms with Crippen LogP contribution in [0.1, 0.15) is 20.7 Å². The van der Waals surface area contributed by atoms with Crippen LogP contribution in [0.25, 0.3) is 0 Å². The second-order valence-corrected chi connectivity index (χ2v) is 7.17. The van der Waals surface area contributed by atoms with E-state index in [-0.39, 0.29) is 11.8 Å². The molecule has 0 unspecified atom stereocenters. The lowest BCUT2D eigenvalue weighted by atomic mass is 10.2. The van der Waals surface area contributed by atoms with Crippen LogP contribution in [0.2, 0.25) is 0 Å². The molecule has 3 rings (SSSR count). The first kappa shape index (κ1) is 18.3. The first-order valence-corrected chi connectivity index (χ1v) is 9.21. The second-order valence-electron chi connectivity index (χ2n) is 5.34. The van der Waals surface area contributed by atoms with E-state index in [4.69, 9.17) is 0 Å². The molecule has 5 nitrogen and oxygen atoms in total. The van der Waals surface area contributed by atoms with Gasteiger partial charge in [0.25, 0.3) is 11.8 Å². The summed E-state index contributed by atoms with van der Waals surface area (Å²) in [6, 6.07) is 19.1. The SMILES string of the molecule is O=C(Nc1cccc(NC(=O)c2cccc(Br)c2)n1)c1cccc(Br)c1. The van der Waals surface area contributed by atoms with Gasteiger partial charge in [0.05, 0.1) is 0 Å². The Balaban J connectivity index is 1.72. The number of aromatic nitrogens is 1. The number of hydrogen-bond acceptors (Lipinski definition) is 3. The van der Waals surface area contributed by atoms with E-state index >= 15 is 0 Å². The molecule has 7 heteroatoms. The molecule has 0 aliphatic carbocycles. The van der Waals surface area contributed by atoms with E-state index in [1.165, 1.54) is 0 Å². The maximum absolute atomic E-state index is 12.3. The number of rotatable bonds is 4. The van der Waals surface area contributed by atoms with Crippen molar-refractivity contribution in [3.8, 4) is 0 Å². The summed E-state index contributed by atoms with van der Waals surface area (Å²) in [6.07, 6.45) is 0. The predicted octanol–water partition coefficient (Wildman–Crippen LogP) is 5.11. The van der Waals surface area contributed by atoms with Gasteiger partial charge in [0, 0.05) is 20.1 Å². The first-order chi connectivity index (χ1) is 12.5. The number of benzene rings is 2. The van der Waals surface area contributed by atoms with Gasteiger partial charge in [0.1, 0.15) is 11.6 Å². The number of nitrogens with one attached hydrogen (secondary N) is 2. The van der Waals surface area contributed by atoms with Crippen LogP contribution in [-0.2, 0) is 0 Å². The smallest absolute Gasteiger partial charge is 0.256 e. The van der Waals surface area contributed by atoms with Gasteiger partial charge in [-0.25, -0.2) is 4.98 Å². The molecule has 0 aliphatic rings. The first-order valence-electron chi connectivity index (χ1n) is 7.62. The predicted molar refractivity (Wildman–Crippen MR) is 108 cm³/mol. The number of anilines is 2. The number of hydrogen-bond donors (Lipinski definition) is 2. The van der Waals surface area contributed by atoms with Crippen LogP contribution in [0.4, 0.5) is 11.6 Å². The largest absolute Gasteiger partial charge is 0.306 e. The number of pyridine rings is 1. The van der Waals surface area contributed by atoms with Crippen molar-refractivity contribution in [2.45, 2.75) is 0 Å². The minimum absolute atomic E-state index is 0.283. The van der Waals surface area contributed by atoms with Crippen molar-refractivity contribution in [3.05, 3.63) is 86.8 Å². The van der Waals surface area contributed by atoms with Crippen LogP contribution in [0, 0.1) is 0 Å². The van der Waals surface area contributed by atoms with Crippen molar-refractivity contribution in [2.24, 2.45) is 0 Å². The van der Waals surface area contributed by atoms with E-state index in [9.17, 15) is 9.59 Å². The maximum atomic E-state index is 12.3. The molecule has 0 saturated heterocycles. The molecule has 26 heavy (non-hydrogen) atoms. The highest BCUT2D eigenvalue weighted by Crippen LogP contribution is 2.16. The summed E-state index contributed by atoms with van der Waals surface area (Å²) in [6.45, 7) is 0. The summed E-state index contributed by atoms with van der Waals surface area (Å²) in [7, 11) is 0. The molecule has 2 amide bonds. The highest BCUT2D eigenvalue weighted by Gasteiger charge is 2.10. The standard InChI is InChI=1S/C19H13Br2N3O2/c20-14-6-1-4-12(10-14)18(25)23-16-8-3-9-17(22-16)24-19(26)13-5-2-7-15(21)11-13/h1-11H,(H2,22,23,24,25,26). The molecule has 2 N–H and O–H groups in total. The third-order valence-electron chi connectivity index (χ3n) is 3.41. The number of amides is 2. The zero-order chi connectivity index (χ0) is 18.5. The Labute approximate surface area is 167 Å². The zero-order valence-corrected chi connectivity index (χ0v) is 16.5. The van der Waals surface area contributed by atoms with Crippen molar-refractivity contribution in [1.29, 1.82) is 0 Å². The summed E-state index contributed by atoms with van der Waals surface area (Å²) >= 11 is 6.67. The van der Waals surface area contributed by atoms with E-state index in [2.05, 4.69) is 47.5 Å². The number of carbonyl (C=O) groups is 2. The fourth-order valence-corrected chi connectivity index (χ4v) is 3.01. The molecule has 1 aromatic heterocycles. The topological polar surface area (TPSA) is 71.1 Å². The monoisotopic (exact) mass is 473 g/mol. The normalized spacial score (nSPS) is 10.2. The molecule has 0 fully saturated rings. The summed E-state index contributed by atoms with van der Waals surface area (Å²) < 4.78 is 1.63. The number of nitrogens with zero attached hydrogens (tertiary/aromatic N) is 1. The van der Waals surface area contributed by atoms with Crippen LogP contribution in [-0.4, -0.2) is 16.8 Å². The Hall–Kier alpha value is -2.51. The minimum atomic E-state index is -0.283. The fraction of sp³-hybridized carbons (Fsp3) is 0. The minimum Gasteiger partial charge on any atom is -0.306 e. The third-order valence-corrected chi connectivity index (χ3v) is 4.39. The summed E-state index contributed by atoms with van der Waals surface area (Å²) in [5.74, 6) is 0.132. The molecule has 0 radical (unpaired) electrons. The molecule has 2 aromatic carbocycles. The summed E-state index contributed by atoms with van der Waals surface area (Å²) in [5.41, 5.74) is 1.01. The Morgan fingerprint density at radius 2 is 1.12 bits per heavy atom. The average molecular weight is 475 g/mol. The van der Waals surface area contributed by atoms with Crippen molar-refractivity contribution in [3.63, 3.8) is 0 Å². The molecular formula is C19H13Br2N3O2. The van der Waals surface area contributed by atoms with Crippen LogP contribution in [0.15, 0.2) is 75.7 Å². The van der Waals surface area contributed by atoms with Crippen molar-refractivity contribution < 1.29 is 9.59 Å². The fourth-order valence-electron chi connectivity index (χ4n) is 2.21. The molecule has 0 spiro atoms. The Bertz CT molecular complexity index is 902. The Kier molecular flexibility index (Phi) is 5.80. The average Bonchev–Trinajstić information content (AvgIpc) is 2.62. The summed E-state index contributed by atoms with van der Waals surface area (Å²) in [5, 5.41) is 5.44. The van der Waals surface area contributed by atoms with Gasteiger partial charge in [-0.1, -0.05) is 50.1 Å². The summed E-state index contributed by atoms with van der Waals surface area (Å²) in [4.78, 5) is 28.8. The number of carbonyl (C=O) groups excluding carboxylic acids is 2. The molecular weight excluding hydrogens is 462 g/mol. The van der Waals surface area contributed by atoms with E-state index in [0.717, 1.165) is 8.95 Å². The van der Waals surface area contributed by atoms with E-state index in [1.807, 2.05) is 12.1 Å². The number of halogens is 2. The molecule has 0 saturated carbocycles. The van der Waals surface area contributed by atoms with E-state index in [1.54, 1.807) is 54.6 Å². The highest BCUT2D eigenvalue weighted by atomic mass is 79.9. The lowest BCUT2D eigenvalue weighted by molar-refractivity contribution is 0.101. The van der Waals surface area contributed by atoms with Crippen molar-refractivity contribution >= 4 is 55.3 Å². The van der Waals surface area contributed by atoms with Gasteiger partial charge in [-0.2, -0.15) is 0 Å². The molecule has 0 aliphatic heterocycles. The van der Waals surface area contributed by atoms with Crippen molar-refractivity contribution in [1.82, 2.24) is 4.98 Å². The van der Waals surface area contributed by atoms with Crippen LogP contribution in [0.5, 0.6) is 0 Å². The quantitative estimate of drug-likeness (QED) is 0.551. The van der Waals surface area contributed by atoms with Gasteiger partial charge < -0.3 is 10.6 Å². The van der Waals surface area contributed by atoms with Crippen LogP contribution >= 0.6 is 31.9 Å². The van der Waals surface area contributed by atoms with Gasteiger partial charge in [0.2, 0.25) is 0 Å². The lowest BCUT2D eigenvalue weighted by Crippen LogP contribution is -2.15. The Morgan fingerprint density at radius 1 is 0.692 bits per heavy atom. The van der Waals surface area contributed by atoms with Gasteiger partial charge >= 0.3 is 0 Å². The third kappa shape index (κ3) is 4.77. The highest BCUT2D eigenvalue weighted by molar-refractivity contribution is 9.10. The molecule has 3 aromatic rings. The zero-order valence-electron chi connectivity index (χ0n) is 13.4. The van der Waals surface area contributed by atoms with E-state index in [0.29, 0.717) is 22.8 Å². The Morgan fingerprint density at radius 3 is 1.54 bits per heavy atom. The van der Waals surface area contributed by atoms with Gasteiger partial charge in [-0.05, 0) is 48.5 Å². The molecule has 130 valence electrons. The van der Waals surface area contributed by atoms with E-state index < -0.39 is 0 Å². The van der Waals surface area contributed by atoms with Crippen molar-refractivity contribution in [2.75, 3.05) is 10.6 Å². The van der Waals surface area contributed by atoms with Crippen LogP contribution in [0.3, 0.4) is 0 Å². The lowest BCUT2D eigenvalue weighted by Gasteiger charge is -2.08.